The van der Waals surface area contributed by atoms with Crippen molar-refractivity contribution in [2.24, 2.45) is 7.05 Å². The van der Waals surface area contributed by atoms with E-state index in [1.807, 2.05) is 0 Å². The number of allylic oxidation sites excluding steroid dienone is 2. The van der Waals surface area contributed by atoms with Crippen LogP contribution in [-0.2, 0) is 23.2 Å². The number of hydrogen-bond donors (Lipinski definition) is 1. The summed E-state index contributed by atoms with van der Waals surface area (Å²) in [5.41, 5.74) is -0.315. The number of rotatable bonds is 2. The average Bonchev–Trinajstić information content (AvgIpc) is 3.07. The Bertz CT molecular complexity index is 1400. The highest BCUT2D eigenvalue weighted by atomic mass is 79.9. The molecule has 1 saturated carbocycles. The summed E-state index contributed by atoms with van der Waals surface area (Å²) in [6.45, 7) is 0.0551. The van der Waals surface area contributed by atoms with Crippen LogP contribution in [0.25, 0.3) is 0 Å². The standard InChI is InChI=1S/C20H16BrCl3N4O5/c1-25-17(32)27-5-4-11-13(28(27)18(25)33)7-19(23)15(30)26(8-21)16(31)20(19,24)14(11)10-3-2-9(29)6-12(10)22/h2-4,6,13-14,29H,5,7-8H2,1H3/t13-,14+,19-,20+/m1/s1. The van der Waals surface area contributed by atoms with Crippen molar-refractivity contribution in [3.63, 3.8) is 0 Å². The van der Waals surface area contributed by atoms with Crippen LogP contribution in [0.1, 0.15) is 23.9 Å². The van der Waals surface area contributed by atoms with Crippen molar-refractivity contribution in [1.29, 1.82) is 0 Å². The third-order valence-corrected chi connectivity index (χ3v) is 9.01. The van der Waals surface area contributed by atoms with Crippen LogP contribution >= 0.6 is 50.7 Å². The van der Waals surface area contributed by atoms with Gasteiger partial charge in [0.2, 0.25) is 0 Å². The second-order valence-electron chi connectivity index (χ2n) is 8.28. The first-order valence-electron chi connectivity index (χ1n) is 9.86. The third kappa shape index (κ3) is 2.66. The summed E-state index contributed by atoms with van der Waals surface area (Å²) in [5.74, 6) is -2.51. The minimum absolute atomic E-state index is 0.0551. The molecule has 1 aromatic heterocycles. The van der Waals surface area contributed by atoms with E-state index in [0.717, 1.165) is 9.47 Å². The molecule has 0 spiro atoms. The van der Waals surface area contributed by atoms with Crippen LogP contribution in [0.3, 0.4) is 0 Å². The fourth-order valence-electron chi connectivity index (χ4n) is 5.22. The van der Waals surface area contributed by atoms with Crippen LogP contribution < -0.4 is 11.4 Å². The van der Waals surface area contributed by atoms with Gasteiger partial charge in [-0.15, -0.1) is 23.2 Å². The normalized spacial score (nSPS) is 30.7. The minimum atomic E-state index is -1.96. The van der Waals surface area contributed by atoms with Gasteiger partial charge in [0.05, 0.1) is 18.0 Å². The van der Waals surface area contributed by atoms with Crippen LogP contribution in [0.5, 0.6) is 5.75 Å². The number of amides is 2. The second-order valence-corrected chi connectivity index (χ2v) is 10.4. The third-order valence-electron chi connectivity index (χ3n) is 6.77. The monoisotopic (exact) mass is 576 g/mol. The van der Waals surface area contributed by atoms with Crippen LogP contribution in [0.4, 0.5) is 0 Å². The second kappa shape index (κ2) is 7.24. The zero-order chi connectivity index (χ0) is 24.0. The quantitative estimate of drug-likeness (QED) is 0.254. The van der Waals surface area contributed by atoms with E-state index in [2.05, 4.69) is 15.9 Å². The molecule has 1 saturated heterocycles. The van der Waals surface area contributed by atoms with Crippen molar-refractivity contribution < 1.29 is 14.7 Å². The molecule has 2 aromatic rings. The van der Waals surface area contributed by atoms with Gasteiger partial charge in [-0.05, 0) is 23.3 Å². The highest BCUT2D eigenvalue weighted by Crippen LogP contribution is 2.64. The van der Waals surface area contributed by atoms with Gasteiger partial charge >= 0.3 is 11.4 Å². The molecule has 0 unspecified atom stereocenters. The van der Waals surface area contributed by atoms with Crippen molar-refractivity contribution in [1.82, 2.24) is 18.8 Å². The molecule has 3 aliphatic rings. The first-order chi connectivity index (χ1) is 15.5. The van der Waals surface area contributed by atoms with Gasteiger partial charge in [0.1, 0.15) is 5.75 Å². The van der Waals surface area contributed by atoms with Crippen LogP contribution in [-0.4, -0.2) is 51.0 Å². The average molecular weight is 579 g/mol. The number of aromatic nitrogens is 3. The molecule has 3 heterocycles. The van der Waals surface area contributed by atoms with Crippen molar-refractivity contribution in [3.05, 3.63) is 61.4 Å². The fourth-order valence-corrected chi connectivity index (χ4v) is 6.90. The van der Waals surface area contributed by atoms with Gasteiger partial charge in [-0.2, -0.15) is 0 Å². The zero-order valence-corrected chi connectivity index (χ0v) is 20.8. The number of carbonyl (C=O) groups excluding carboxylic acids is 2. The van der Waals surface area contributed by atoms with Crippen molar-refractivity contribution in [3.8, 4) is 5.75 Å². The lowest BCUT2D eigenvalue weighted by atomic mass is 9.64. The van der Waals surface area contributed by atoms with E-state index in [0.29, 0.717) is 11.1 Å². The molecule has 1 aliphatic carbocycles. The molecule has 5 rings (SSSR count). The Hall–Kier alpha value is -2.01. The molecular weight excluding hydrogens is 563 g/mol. The van der Waals surface area contributed by atoms with Crippen LogP contribution in [0, 0.1) is 0 Å². The Morgan fingerprint density at radius 2 is 1.85 bits per heavy atom. The first-order valence-corrected chi connectivity index (χ1v) is 12.1. The summed E-state index contributed by atoms with van der Waals surface area (Å²) < 4.78 is 3.49. The summed E-state index contributed by atoms with van der Waals surface area (Å²) in [6, 6.07) is 3.37. The lowest BCUT2D eigenvalue weighted by Crippen LogP contribution is -2.59. The van der Waals surface area contributed by atoms with Gasteiger partial charge in [-0.25, -0.2) is 23.5 Å². The Balaban J connectivity index is 1.84. The van der Waals surface area contributed by atoms with E-state index in [-0.39, 0.29) is 29.2 Å². The number of benzene rings is 1. The minimum Gasteiger partial charge on any atom is -0.508 e. The molecule has 13 heteroatoms. The van der Waals surface area contributed by atoms with E-state index in [4.69, 9.17) is 34.8 Å². The number of nitrogens with zero attached hydrogens (tertiary/aromatic N) is 4. The maximum atomic E-state index is 13.5. The van der Waals surface area contributed by atoms with Gasteiger partial charge in [0, 0.05) is 24.4 Å². The molecule has 4 atom stereocenters. The van der Waals surface area contributed by atoms with Crippen LogP contribution in [0.2, 0.25) is 5.02 Å². The Morgan fingerprint density at radius 3 is 2.48 bits per heavy atom. The predicted molar refractivity (Wildman–Crippen MR) is 124 cm³/mol. The Kier molecular flexibility index (Phi) is 5.00. The van der Waals surface area contributed by atoms with Crippen molar-refractivity contribution in [2.75, 3.05) is 5.45 Å². The number of aromatic hydroxyl groups is 1. The van der Waals surface area contributed by atoms with E-state index >= 15 is 0 Å². The summed E-state index contributed by atoms with van der Waals surface area (Å²) >= 11 is 23.7. The number of imide groups is 1. The highest BCUT2D eigenvalue weighted by Gasteiger charge is 2.75. The highest BCUT2D eigenvalue weighted by molar-refractivity contribution is 9.09. The topological polar surface area (TPSA) is 107 Å². The summed E-state index contributed by atoms with van der Waals surface area (Å²) in [7, 11) is 1.36. The molecular formula is C20H16BrCl3N4O5. The molecule has 174 valence electrons. The summed E-state index contributed by atoms with van der Waals surface area (Å²) in [5, 5.41) is 9.98. The number of alkyl halides is 3. The number of hydrogen-bond acceptors (Lipinski definition) is 5. The summed E-state index contributed by atoms with van der Waals surface area (Å²) in [4.78, 5) is 49.5. The maximum absolute atomic E-state index is 13.5. The number of fused-ring (bicyclic) bond motifs is 4. The number of halogens is 4. The zero-order valence-electron chi connectivity index (χ0n) is 17.0. The van der Waals surface area contributed by atoms with Crippen molar-refractivity contribution in [2.45, 2.75) is 34.7 Å². The molecule has 2 amide bonds. The smallest absolute Gasteiger partial charge is 0.347 e. The maximum Gasteiger partial charge on any atom is 0.347 e. The Labute approximate surface area is 209 Å². The van der Waals surface area contributed by atoms with Gasteiger partial charge < -0.3 is 5.11 Å². The molecule has 33 heavy (non-hydrogen) atoms. The van der Waals surface area contributed by atoms with E-state index in [9.17, 15) is 24.3 Å². The summed E-state index contributed by atoms with van der Waals surface area (Å²) in [6.07, 6.45) is 1.53. The number of phenolic OH excluding ortho intramolecular Hbond substituents is 1. The lowest BCUT2D eigenvalue weighted by molar-refractivity contribution is -0.138. The van der Waals surface area contributed by atoms with Gasteiger partial charge in [-0.3, -0.25) is 14.5 Å². The molecule has 2 aliphatic heterocycles. The van der Waals surface area contributed by atoms with Gasteiger partial charge in [0.15, 0.2) is 9.75 Å². The van der Waals surface area contributed by atoms with Crippen molar-refractivity contribution >= 4 is 62.5 Å². The molecule has 0 bridgehead atoms. The SMILES string of the molecule is Cn1c(=O)n2n(c1=O)[C@@H]1C[C@@]3(Cl)C(=O)N(CBr)C(=O)[C@@]3(Cl)[C@@H](c3ccc(O)cc3Cl)C1=CC2. The molecule has 1 aromatic carbocycles. The Morgan fingerprint density at radius 1 is 1.15 bits per heavy atom. The number of carbonyl (C=O) groups is 2. The van der Waals surface area contributed by atoms with Crippen LogP contribution in [0.15, 0.2) is 39.4 Å². The molecule has 2 fully saturated rings. The molecule has 1 N–H and O–H groups in total. The largest absolute Gasteiger partial charge is 0.508 e. The molecule has 0 radical (unpaired) electrons. The van der Waals surface area contributed by atoms with E-state index in [1.54, 1.807) is 6.08 Å². The number of likely N-dealkylation sites (tertiary alicyclic amines) is 1. The first kappa shape index (κ1) is 22.8. The van der Waals surface area contributed by atoms with E-state index in [1.165, 1.54) is 34.6 Å². The fraction of sp³-hybridized carbons (Fsp3) is 0.400. The van der Waals surface area contributed by atoms with Gasteiger partial charge in [0.25, 0.3) is 11.8 Å². The number of phenols is 1. The molecule has 9 nitrogen and oxygen atoms in total. The van der Waals surface area contributed by atoms with E-state index < -0.39 is 44.9 Å². The lowest BCUT2D eigenvalue weighted by Gasteiger charge is -2.49. The van der Waals surface area contributed by atoms with Gasteiger partial charge in [-0.1, -0.05) is 39.7 Å². The predicted octanol–water partition coefficient (Wildman–Crippen LogP) is 2.05.